The molecule has 0 bridgehead atoms. The van der Waals surface area contributed by atoms with Crippen LogP contribution in [0.1, 0.15) is 24.0 Å². The Morgan fingerprint density at radius 1 is 0.765 bits per heavy atom. The second-order valence-electron chi connectivity index (χ2n) is 8.20. The smallest absolute Gasteiger partial charge is 0.261 e. The van der Waals surface area contributed by atoms with Crippen LogP contribution in [0.4, 0.5) is 17.1 Å². The average molecular weight is 500 g/mol. The standard InChI is InChI=1S/C24H25N3O5S2/c1-17-5-3-6-20(15-17)26-33(29,30)21-10-8-19(9-11-21)25-34(31,32)22-12-13-23(18(2)16-22)27-14-4-7-24(27)28/h3,5-6,8-13,15-16,25-26H,4,7,14H2,1-2H3. The molecular weight excluding hydrogens is 474 g/mol. The lowest BCUT2D eigenvalue weighted by atomic mass is 10.2. The lowest BCUT2D eigenvalue weighted by molar-refractivity contribution is -0.117. The summed E-state index contributed by atoms with van der Waals surface area (Å²) in [5, 5.41) is 0. The Bertz CT molecular complexity index is 1450. The van der Waals surface area contributed by atoms with Gasteiger partial charge in [-0.05, 0) is 86.0 Å². The van der Waals surface area contributed by atoms with E-state index in [2.05, 4.69) is 9.44 Å². The van der Waals surface area contributed by atoms with Gasteiger partial charge in [0.2, 0.25) is 5.91 Å². The fourth-order valence-corrected chi connectivity index (χ4v) is 6.03. The van der Waals surface area contributed by atoms with Crippen molar-refractivity contribution < 1.29 is 21.6 Å². The number of nitrogens with zero attached hydrogens (tertiary/aromatic N) is 1. The Morgan fingerprint density at radius 2 is 1.41 bits per heavy atom. The van der Waals surface area contributed by atoms with Crippen molar-refractivity contribution in [2.75, 3.05) is 20.9 Å². The minimum atomic E-state index is -3.91. The third-order valence-corrected chi connectivity index (χ3v) is 8.31. The van der Waals surface area contributed by atoms with Crippen LogP contribution in [0.5, 0.6) is 0 Å². The highest BCUT2D eigenvalue weighted by molar-refractivity contribution is 7.93. The lowest BCUT2D eigenvalue weighted by Crippen LogP contribution is -2.24. The minimum Gasteiger partial charge on any atom is -0.312 e. The van der Waals surface area contributed by atoms with Crippen molar-refractivity contribution in [1.29, 1.82) is 0 Å². The van der Waals surface area contributed by atoms with Gasteiger partial charge in [-0.3, -0.25) is 14.2 Å². The van der Waals surface area contributed by atoms with E-state index in [1.54, 1.807) is 36.1 Å². The second-order valence-corrected chi connectivity index (χ2v) is 11.6. The van der Waals surface area contributed by atoms with Gasteiger partial charge < -0.3 is 4.90 Å². The van der Waals surface area contributed by atoms with Crippen molar-refractivity contribution in [2.45, 2.75) is 36.5 Å². The molecule has 0 aromatic heterocycles. The number of nitrogens with one attached hydrogen (secondary N) is 2. The lowest BCUT2D eigenvalue weighted by Gasteiger charge is -2.19. The van der Waals surface area contributed by atoms with Gasteiger partial charge in [0.05, 0.1) is 9.79 Å². The second kappa shape index (κ2) is 9.11. The molecule has 8 nitrogen and oxygen atoms in total. The molecule has 3 aromatic carbocycles. The van der Waals surface area contributed by atoms with Crippen molar-refractivity contribution in [3.05, 3.63) is 77.9 Å². The summed E-state index contributed by atoms with van der Waals surface area (Å²) in [6.07, 6.45) is 1.28. The number of hydrogen-bond donors (Lipinski definition) is 2. The van der Waals surface area contributed by atoms with Crippen molar-refractivity contribution in [3.8, 4) is 0 Å². The number of anilines is 3. The predicted octanol–water partition coefficient (Wildman–Crippen LogP) is 4.03. The SMILES string of the molecule is Cc1cccc(NS(=O)(=O)c2ccc(NS(=O)(=O)c3ccc(N4CCCC4=O)c(C)c3)cc2)c1. The van der Waals surface area contributed by atoms with E-state index in [9.17, 15) is 21.6 Å². The van der Waals surface area contributed by atoms with E-state index >= 15 is 0 Å². The summed E-state index contributed by atoms with van der Waals surface area (Å²) >= 11 is 0. The van der Waals surface area contributed by atoms with Gasteiger partial charge in [0.25, 0.3) is 20.0 Å². The first-order valence-electron chi connectivity index (χ1n) is 10.7. The first-order chi connectivity index (χ1) is 16.0. The number of carbonyl (C=O) groups excluding carboxylic acids is 1. The van der Waals surface area contributed by atoms with Crippen LogP contribution in [0.25, 0.3) is 0 Å². The van der Waals surface area contributed by atoms with Gasteiger partial charge >= 0.3 is 0 Å². The van der Waals surface area contributed by atoms with Crippen LogP contribution in [-0.4, -0.2) is 29.3 Å². The Labute approximate surface area is 199 Å². The highest BCUT2D eigenvalue weighted by atomic mass is 32.2. The molecule has 0 radical (unpaired) electrons. The first-order valence-corrected chi connectivity index (χ1v) is 13.7. The maximum Gasteiger partial charge on any atom is 0.261 e. The molecule has 1 heterocycles. The largest absolute Gasteiger partial charge is 0.312 e. The molecule has 1 aliphatic rings. The van der Waals surface area contributed by atoms with Crippen LogP contribution >= 0.6 is 0 Å². The van der Waals surface area contributed by atoms with Crippen LogP contribution in [0.3, 0.4) is 0 Å². The van der Waals surface area contributed by atoms with Crippen LogP contribution in [0, 0.1) is 13.8 Å². The van der Waals surface area contributed by atoms with E-state index in [4.69, 9.17) is 0 Å². The van der Waals surface area contributed by atoms with Crippen LogP contribution in [0.2, 0.25) is 0 Å². The fourth-order valence-electron chi connectivity index (χ4n) is 3.84. The Hall–Kier alpha value is -3.37. The van der Waals surface area contributed by atoms with Crippen molar-refractivity contribution in [2.24, 2.45) is 0 Å². The maximum absolute atomic E-state index is 12.9. The van der Waals surface area contributed by atoms with Crippen LogP contribution in [0.15, 0.2) is 76.5 Å². The molecule has 10 heteroatoms. The van der Waals surface area contributed by atoms with E-state index in [1.807, 2.05) is 13.0 Å². The Morgan fingerprint density at radius 3 is 2.03 bits per heavy atom. The average Bonchev–Trinajstić information content (AvgIpc) is 3.19. The molecule has 1 saturated heterocycles. The van der Waals surface area contributed by atoms with Crippen LogP contribution < -0.4 is 14.3 Å². The number of amides is 1. The fraction of sp³-hybridized carbons (Fsp3) is 0.208. The number of rotatable bonds is 7. The summed E-state index contributed by atoms with van der Waals surface area (Å²) in [4.78, 5) is 13.7. The molecule has 1 fully saturated rings. The normalized spacial score (nSPS) is 14.3. The zero-order valence-corrected chi connectivity index (χ0v) is 20.4. The summed E-state index contributed by atoms with van der Waals surface area (Å²) in [5.74, 6) is 0.0313. The van der Waals surface area contributed by atoms with E-state index < -0.39 is 20.0 Å². The van der Waals surface area contributed by atoms with Gasteiger partial charge in [0.1, 0.15) is 0 Å². The quantitative estimate of drug-likeness (QED) is 0.510. The maximum atomic E-state index is 12.9. The molecule has 3 aromatic rings. The molecule has 178 valence electrons. The molecule has 0 spiro atoms. The van der Waals surface area contributed by atoms with Crippen LogP contribution in [-0.2, 0) is 24.8 Å². The number of sulfonamides is 2. The molecule has 4 rings (SSSR count). The zero-order valence-electron chi connectivity index (χ0n) is 18.8. The van der Waals surface area contributed by atoms with Gasteiger partial charge in [-0.15, -0.1) is 0 Å². The molecule has 0 unspecified atom stereocenters. The van der Waals surface area contributed by atoms with Crippen molar-refractivity contribution in [3.63, 3.8) is 0 Å². The van der Waals surface area contributed by atoms with Gasteiger partial charge in [-0.1, -0.05) is 12.1 Å². The summed E-state index contributed by atoms with van der Waals surface area (Å²) < 4.78 is 56.1. The third-order valence-electron chi connectivity index (χ3n) is 5.53. The number of carbonyl (C=O) groups is 1. The molecule has 2 N–H and O–H groups in total. The minimum absolute atomic E-state index is 0.00688. The number of aryl methyl sites for hydroxylation is 2. The molecule has 0 saturated carbocycles. The predicted molar refractivity (Wildman–Crippen MR) is 132 cm³/mol. The van der Waals surface area contributed by atoms with Crippen molar-refractivity contribution >= 4 is 43.0 Å². The third kappa shape index (κ3) is 5.07. The number of hydrogen-bond acceptors (Lipinski definition) is 5. The zero-order chi connectivity index (χ0) is 24.5. The van der Waals surface area contributed by atoms with Gasteiger partial charge in [0.15, 0.2) is 0 Å². The monoisotopic (exact) mass is 499 g/mol. The summed E-state index contributed by atoms with van der Waals surface area (Å²) in [6.45, 7) is 4.25. The summed E-state index contributed by atoms with van der Waals surface area (Å²) in [6, 6.07) is 17.1. The molecule has 0 aliphatic carbocycles. The van der Waals surface area contributed by atoms with E-state index in [-0.39, 0.29) is 21.4 Å². The Balaban J connectivity index is 1.50. The van der Waals surface area contributed by atoms with Crippen molar-refractivity contribution in [1.82, 2.24) is 0 Å². The van der Waals surface area contributed by atoms with Gasteiger partial charge in [0, 0.05) is 30.0 Å². The molecule has 0 atom stereocenters. The molecule has 34 heavy (non-hydrogen) atoms. The highest BCUT2D eigenvalue weighted by Gasteiger charge is 2.24. The topological polar surface area (TPSA) is 113 Å². The highest BCUT2D eigenvalue weighted by Crippen LogP contribution is 2.28. The number of benzene rings is 3. The van der Waals surface area contributed by atoms with E-state index in [1.165, 1.54) is 36.4 Å². The summed E-state index contributed by atoms with van der Waals surface area (Å²) in [7, 11) is -7.73. The summed E-state index contributed by atoms with van der Waals surface area (Å²) in [5.41, 5.74) is 2.98. The van der Waals surface area contributed by atoms with E-state index in [0.29, 0.717) is 29.9 Å². The van der Waals surface area contributed by atoms with Gasteiger partial charge in [-0.25, -0.2) is 16.8 Å². The van der Waals surface area contributed by atoms with E-state index in [0.717, 1.165) is 12.0 Å². The molecule has 1 amide bonds. The molecule has 1 aliphatic heterocycles. The first kappa shape index (κ1) is 23.8. The molecular formula is C24H25N3O5S2. The Kier molecular flexibility index (Phi) is 6.37. The van der Waals surface area contributed by atoms with Gasteiger partial charge in [-0.2, -0.15) is 0 Å².